The summed E-state index contributed by atoms with van der Waals surface area (Å²) in [6, 6.07) is 5.79. The molecule has 0 fully saturated rings. The Kier molecular flexibility index (Phi) is 3.98. The summed E-state index contributed by atoms with van der Waals surface area (Å²) in [5.41, 5.74) is 3.27. The molecule has 5 heteroatoms. The van der Waals surface area contributed by atoms with Gasteiger partial charge in [-0.25, -0.2) is 9.48 Å². The van der Waals surface area contributed by atoms with Gasteiger partial charge in [-0.3, -0.25) is 4.79 Å². The molecule has 104 valence electrons. The zero-order valence-electron chi connectivity index (χ0n) is 11.7. The molecule has 0 unspecified atom stereocenters. The van der Waals surface area contributed by atoms with E-state index in [9.17, 15) is 9.59 Å². The van der Waals surface area contributed by atoms with Crippen LogP contribution in [0.15, 0.2) is 24.4 Å². The number of aromatic nitrogens is 2. The second kappa shape index (κ2) is 5.69. The van der Waals surface area contributed by atoms with E-state index < -0.39 is 5.97 Å². The summed E-state index contributed by atoms with van der Waals surface area (Å²) in [4.78, 5) is 22.8. The second-order valence-corrected chi connectivity index (χ2v) is 4.43. The van der Waals surface area contributed by atoms with Gasteiger partial charge < -0.3 is 4.74 Å². The first-order valence-corrected chi connectivity index (χ1v) is 6.37. The highest BCUT2D eigenvalue weighted by Gasteiger charge is 2.18. The van der Waals surface area contributed by atoms with Crippen molar-refractivity contribution >= 4 is 12.3 Å². The third-order valence-electron chi connectivity index (χ3n) is 3.16. The number of hydrogen-bond donors (Lipinski definition) is 0. The number of esters is 1. The molecular weight excluding hydrogens is 256 g/mol. The fourth-order valence-corrected chi connectivity index (χ4v) is 1.94. The van der Waals surface area contributed by atoms with Gasteiger partial charge in [-0.1, -0.05) is 12.1 Å². The number of carbonyl (C=O) groups excluding carboxylic acids is 2. The number of aryl methyl sites for hydroxylation is 1. The summed E-state index contributed by atoms with van der Waals surface area (Å²) < 4.78 is 6.44. The van der Waals surface area contributed by atoms with Gasteiger partial charge in [0.05, 0.1) is 17.9 Å². The first-order valence-electron chi connectivity index (χ1n) is 6.37. The number of ether oxygens (including phenoxy) is 1. The topological polar surface area (TPSA) is 61.2 Å². The largest absolute Gasteiger partial charge is 0.461 e. The summed E-state index contributed by atoms with van der Waals surface area (Å²) in [6.07, 6.45) is 2.15. The van der Waals surface area contributed by atoms with E-state index in [1.807, 2.05) is 32.0 Å². The van der Waals surface area contributed by atoms with Crippen LogP contribution in [0.5, 0.6) is 0 Å². The van der Waals surface area contributed by atoms with E-state index in [1.165, 1.54) is 0 Å². The van der Waals surface area contributed by atoms with Crippen molar-refractivity contribution in [2.75, 3.05) is 6.61 Å². The molecule has 0 bridgehead atoms. The van der Waals surface area contributed by atoms with Crippen LogP contribution < -0.4 is 0 Å². The minimum Gasteiger partial charge on any atom is -0.461 e. The fraction of sp³-hybridized carbons (Fsp3) is 0.267. The summed E-state index contributed by atoms with van der Waals surface area (Å²) in [5, 5.41) is 4.18. The Balaban J connectivity index is 2.51. The van der Waals surface area contributed by atoms with Crippen molar-refractivity contribution in [3.63, 3.8) is 0 Å². The molecule has 0 atom stereocenters. The van der Waals surface area contributed by atoms with E-state index in [-0.39, 0.29) is 17.9 Å². The van der Waals surface area contributed by atoms with Crippen molar-refractivity contribution < 1.29 is 14.3 Å². The lowest BCUT2D eigenvalue weighted by molar-refractivity contribution is 0.0517. The first-order chi connectivity index (χ1) is 9.58. The lowest BCUT2D eigenvalue weighted by Gasteiger charge is -2.07. The van der Waals surface area contributed by atoms with Crippen LogP contribution in [0.2, 0.25) is 0 Å². The van der Waals surface area contributed by atoms with Crippen LogP contribution in [0.1, 0.15) is 38.9 Å². The highest BCUT2D eigenvalue weighted by molar-refractivity contribution is 5.96. The third-order valence-corrected chi connectivity index (χ3v) is 3.16. The molecule has 1 aromatic heterocycles. The summed E-state index contributed by atoms with van der Waals surface area (Å²) >= 11 is 0. The van der Waals surface area contributed by atoms with Crippen molar-refractivity contribution in [3.05, 3.63) is 46.8 Å². The van der Waals surface area contributed by atoms with Gasteiger partial charge in [0.15, 0.2) is 12.0 Å². The van der Waals surface area contributed by atoms with Crippen LogP contribution in [0.3, 0.4) is 0 Å². The number of carbonyl (C=O) groups is 2. The van der Waals surface area contributed by atoms with E-state index in [0.29, 0.717) is 6.29 Å². The Hall–Kier alpha value is -2.43. The van der Waals surface area contributed by atoms with Crippen LogP contribution in [0, 0.1) is 13.8 Å². The van der Waals surface area contributed by atoms with Gasteiger partial charge in [-0.15, -0.1) is 0 Å². The Morgan fingerprint density at radius 2 is 2.15 bits per heavy atom. The van der Waals surface area contributed by atoms with Gasteiger partial charge in [-0.05, 0) is 38.0 Å². The normalized spacial score (nSPS) is 10.3. The quantitative estimate of drug-likeness (QED) is 0.633. The maximum absolute atomic E-state index is 11.8. The van der Waals surface area contributed by atoms with Crippen LogP contribution in [0.4, 0.5) is 0 Å². The molecule has 0 saturated carbocycles. The molecule has 0 radical (unpaired) electrons. The lowest BCUT2D eigenvalue weighted by Crippen LogP contribution is -2.08. The smallest absolute Gasteiger partial charge is 0.359 e. The Morgan fingerprint density at radius 1 is 1.40 bits per heavy atom. The molecule has 2 rings (SSSR count). The van der Waals surface area contributed by atoms with Gasteiger partial charge in [0.1, 0.15) is 0 Å². The minimum atomic E-state index is -0.585. The zero-order valence-corrected chi connectivity index (χ0v) is 11.7. The molecule has 2 aromatic rings. The molecule has 0 N–H and O–H groups in total. The molecule has 0 spiro atoms. The molecule has 0 aliphatic carbocycles. The van der Waals surface area contributed by atoms with Crippen molar-refractivity contribution in [2.24, 2.45) is 0 Å². The van der Waals surface area contributed by atoms with Gasteiger partial charge in [-0.2, -0.15) is 5.10 Å². The number of rotatable bonds is 4. The minimum absolute atomic E-state index is 0.0442. The van der Waals surface area contributed by atoms with Crippen LogP contribution >= 0.6 is 0 Å². The van der Waals surface area contributed by atoms with E-state index >= 15 is 0 Å². The first kappa shape index (κ1) is 14.0. The molecular formula is C15H16N2O3. The maximum atomic E-state index is 11.8. The van der Waals surface area contributed by atoms with Gasteiger partial charge in [0.25, 0.3) is 0 Å². The monoisotopic (exact) mass is 272 g/mol. The van der Waals surface area contributed by atoms with Gasteiger partial charge >= 0.3 is 5.97 Å². The number of hydrogen-bond acceptors (Lipinski definition) is 4. The van der Waals surface area contributed by atoms with Crippen molar-refractivity contribution in [2.45, 2.75) is 20.8 Å². The number of nitrogens with zero attached hydrogens (tertiary/aromatic N) is 2. The van der Waals surface area contributed by atoms with E-state index in [2.05, 4.69) is 5.10 Å². The third kappa shape index (κ3) is 2.47. The van der Waals surface area contributed by atoms with Gasteiger partial charge in [0, 0.05) is 6.20 Å². The van der Waals surface area contributed by atoms with Crippen LogP contribution in [0.25, 0.3) is 5.69 Å². The average molecular weight is 272 g/mol. The van der Waals surface area contributed by atoms with E-state index in [1.54, 1.807) is 17.8 Å². The summed E-state index contributed by atoms with van der Waals surface area (Å²) in [5.74, 6) is -0.585. The van der Waals surface area contributed by atoms with Crippen molar-refractivity contribution in [1.82, 2.24) is 9.78 Å². The Labute approximate surface area is 117 Å². The highest BCUT2D eigenvalue weighted by atomic mass is 16.5. The molecule has 1 heterocycles. The van der Waals surface area contributed by atoms with Crippen molar-refractivity contribution in [3.8, 4) is 5.69 Å². The molecule has 0 aliphatic rings. The second-order valence-electron chi connectivity index (χ2n) is 4.43. The average Bonchev–Trinajstić information content (AvgIpc) is 2.86. The number of aldehydes is 1. The van der Waals surface area contributed by atoms with Crippen molar-refractivity contribution in [1.29, 1.82) is 0 Å². The van der Waals surface area contributed by atoms with E-state index in [0.717, 1.165) is 16.8 Å². The van der Waals surface area contributed by atoms with E-state index in [4.69, 9.17) is 4.74 Å². The van der Waals surface area contributed by atoms with Gasteiger partial charge in [0.2, 0.25) is 0 Å². The molecule has 5 nitrogen and oxygen atoms in total. The fourth-order valence-electron chi connectivity index (χ4n) is 1.94. The standard InChI is InChI=1S/C15H16N2O3/c1-4-20-15(19)14-12(9-18)8-17(16-14)13-7-5-6-10(2)11(13)3/h5-9H,4H2,1-3H3. The van der Waals surface area contributed by atoms with Crippen LogP contribution in [-0.2, 0) is 4.74 Å². The molecule has 20 heavy (non-hydrogen) atoms. The number of benzene rings is 1. The summed E-state index contributed by atoms with van der Waals surface area (Å²) in [6.45, 7) is 5.92. The zero-order chi connectivity index (χ0) is 14.7. The maximum Gasteiger partial charge on any atom is 0.359 e. The Bertz CT molecular complexity index is 659. The SMILES string of the molecule is CCOC(=O)c1nn(-c2cccc(C)c2C)cc1C=O. The lowest BCUT2D eigenvalue weighted by atomic mass is 10.1. The molecule has 0 aliphatic heterocycles. The Morgan fingerprint density at radius 3 is 2.80 bits per heavy atom. The predicted molar refractivity (Wildman–Crippen MR) is 74.4 cm³/mol. The molecule has 1 aromatic carbocycles. The van der Waals surface area contributed by atoms with Crippen LogP contribution in [-0.4, -0.2) is 28.6 Å². The molecule has 0 amide bonds. The molecule has 0 saturated heterocycles. The highest BCUT2D eigenvalue weighted by Crippen LogP contribution is 2.18. The predicted octanol–water partition coefficient (Wildman–Crippen LogP) is 2.48. The summed E-state index contributed by atoms with van der Waals surface area (Å²) in [7, 11) is 0.